The van der Waals surface area contributed by atoms with E-state index in [0.717, 1.165) is 0 Å². The summed E-state index contributed by atoms with van der Waals surface area (Å²) in [5.41, 5.74) is 0.819. The molecule has 0 aliphatic carbocycles. The van der Waals surface area contributed by atoms with Gasteiger partial charge in [0.2, 0.25) is 6.79 Å². The van der Waals surface area contributed by atoms with Crippen molar-refractivity contribution in [3.8, 4) is 11.5 Å². The molecule has 0 amide bonds. The molecule has 0 aromatic heterocycles. The van der Waals surface area contributed by atoms with Gasteiger partial charge in [-0.05, 0) is 22.0 Å². The van der Waals surface area contributed by atoms with Crippen LogP contribution >= 0.6 is 15.9 Å². The third-order valence-electron chi connectivity index (χ3n) is 2.17. The second kappa shape index (κ2) is 4.13. The molecule has 0 bridgehead atoms. The molecular formula is C10H7BrO5. The summed E-state index contributed by atoms with van der Waals surface area (Å²) in [5, 5.41) is 8.73. The molecule has 1 aliphatic heterocycles. The number of carboxylic acid groups (broad SMARTS) is 1. The van der Waals surface area contributed by atoms with Gasteiger partial charge in [-0.3, -0.25) is 9.59 Å². The second-order valence-corrected chi connectivity index (χ2v) is 4.04. The van der Waals surface area contributed by atoms with Crippen molar-refractivity contribution >= 4 is 28.2 Å². The van der Waals surface area contributed by atoms with Crippen molar-refractivity contribution in [3.05, 3.63) is 21.7 Å². The van der Waals surface area contributed by atoms with Crippen LogP contribution in [0.4, 0.5) is 0 Å². The Morgan fingerprint density at radius 1 is 1.50 bits per heavy atom. The molecule has 84 valence electrons. The van der Waals surface area contributed by atoms with Gasteiger partial charge in [-0.15, -0.1) is 0 Å². The van der Waals surface area contributed by atoms with Gasteiger partial charge in [-0.25, -0.2) is 0 Å². The Balaban J connectivity index is 2.56. The molecule has 0 fully saturated rings. The van der Waals surface area contributed by atoms with Crippen LogP contribution < -0.4 is 9.47 Å². The summed E-state index contributed by atoms with van der Waals surface area (Å²) >= 11 is 3.19. The van der Waals surface area contributed by atoms with Crippen LogP contribution in [0.15, 0.2) is 10.5 Å². The van der Waals surface area contributed by atoms with Gasteiger partial charge in [0, 0.05) is 10.0 Å². The van der Waals surface area contributed by atoms with E-state index in [1.54, 1.807) is 6.07 Å². The SMILES string of the molecule is O=Cc1c(Br)cc(CC(=O)O)c2c1OCO2. The topological polar surface area (TPSA) is 72.8 Å². The molecule has 0 spiro atoms. The molecular weight excluding hydrogens is 280 g/mol. The number of carboxylic acids is 1. The lowest BCUT2D eigenvalue weighted by Gasteiger charge is -2.07. The summed E-state index contributed by atoms with van der Waals surface area (Å²) in [4.78, 5) is 21.5. The van der Waals surface area contributed by atoms with Crippen LogP contribution in [0.2, 0.25) is 0 Å². The van der Waals surface area contributed by atoms with Gasteiger partial charge in [0.05, 0.1) is 12.0 Å². The van der Waals surface area contributed by atoms with Gasteiger partial charge in [0.1, 0.15) is 0 Å². The summed E-state index contributed by atoms with van der Waals surface area (Å²) in [7, 11) is 0. The highest BCUT2D eigenvalue weighted by Gasteiger charge is 2.25. The van der Waals surface area contributed by atoms with Crippen molar-refractivity contribution in [3.63, 3.8) is 0 Å². The normalized spacial score (nSPS) is 12.6. The van der Waals surface area contributed by atoms with Gasteiger partial charge in [0.15, 0.2) is 17.8 Å². The van der Waals surface area contributed by atoms with Crippen molar-refractivity contribution in [2.24, 2.45) is 0 Å². The molecule has 0 radical (unpaired) electrons. The molecule has 2 rings (SSSR count). The number of hydrogen-bond donors (Lipinski definition) is 1. The largest absolute Gasteiger partial charge is 0.481 e. The molecule has 1 aromatic carbocycles. The Kier molecular flexibility index (Phi) is 2.82. The highest BCUT2D eigenvalue weighted by molar-refractivity contribution is 9.10. The standard InChI is InChI=1S/C10H7BrO5/c11-7-1-5(2-8(13)14)9-10(6(7)3-12)16-4-15-9/h1,3H,2,4H2,(H,13,14). The van der Waals surface area contributed by atoms with E-state index in [2.05, 4.69) is 15.9 Å². The Morgan fingerprint density at radius 3 is 2.81 bits per heavy atom. The lowest BCUT2D eigenvalue weighted by atomic mass is 10.1. The highest BCUT2D eigenvalue weighted by Crippen LogP contribution is 2.42. The molecule has 16 heavy (non-hydrogen) atoms. The zero-order valence-electron chi connectivity index (χ0n) is 8.03. The highest BCUT2D eigenvalue weighted by atomic mass is 79.9. The Bertz CT molecular complexity index is 469. The maximum Gasteiger partial charge on any atom is 0.307 e. The summed E-state index contributed by atoms with van der Waals surface area (Å²) in [6, 6.07) is 1.56. The summed E-state index contributed by atoms with van der Waals surface area (Å²) in [5.74, 6) is -0.322. The fraction of sp³-hybridized carbons (Fsp3) is 0.200. The average molecular weight is 287 g/mol. The molecule has 0 unspecified atom stereocenters. The number of rotatable bonds is 3. The molecule has 0 atom stereocenters. The average Bonchev–Trinajstić information content (AvgIpc) is 2.66. The van der Waals surface area contributed by atoms with E-state index in [-0.39, 0.29) is 13.2 Å². The van der Waals surface area contributed by atoms with Gasteiger partial charge in [-0.2, -0.15) is 0 Å². The number of benzene rings is 1. The van der Waals surface area contributed by atoms with Crippen LogP contribution in [0.25, 0.3) is 0 Å². The smallest absolute Gasteiger partial charge is 0.307 e. The molecule has 1 N–H and O–H groups in total. The fourth-order valence-corrected chi connectivity index (χ4v) is 2.08. The maximum atomic E-state index is 10.8. The van der Waals surface area contributed by atoms with Crippen molar-refractivity contribution < 1.29 is 24.2 Å². The number of carbonyl (C=O) groups excluding carboxylic acids is 1. The van der Waals surface area contributed by atoms with Gasteiger partial charge in [-0.1, -0.05) is 0 Å². The molecule has 1 aromatic rings. The Labute approximate surface area is 99.1 Å². The first-order chi connectivity index (χ1) is 7.63. The van der Waals surface area contributed by atoms with Crippen LogP contribution in [0.3, 0.4) is 0 Å². The number of hydrogen-bond acceptors (Lipinski definition) is 4. The van der Waals surface area contributed by atoms with E-state index in [1.165, 1.54) is 0 Å². The van der Waals surface area contributed by atoms with Gasteiger partial charge >= 0.3 is 5.97 Å². The Morgan fingerprint density at radius 2 is 2.19 bits per heavy atom. The fourth-order valence-electron chi connectivity index (χ4n) is 1.53. The lowest BCUT2D eigenvalue weighted by molar-refractivity contribution is -0.136. The molecule has 6 heteroatoms. The predicted octanol–water partition coefficient (Wildman–Crippen LogP) is 1.62. The zero-order chi connectivity index (χ0) is 11.7. The monoisotopic (exact) mass is 286 g/mol. The number of halogens is 1. The molecule has 0 saturated carbocycles. The number of carbonyl (C=O) groups is 2. The van der Waals surface area contributed by atoms with E-state index in [1.807, 2.05) is 0 Å². The van der Waals surface area contributed by atoms with E-state index in [9.17, 15) is 9.59 Å². The second-order valence-electron chi connectivity index (χ2n) is 3.18. The van der Waals surface area contributed by atoms with Crippen molar-refractivity contribution in [1.29, 1.82) is 0 Å². The van der Waals surface area contributed by atoms with Crippen LogP contribution in [-0.2, 0) is 11.2 Å². The summed E-state index contributed by atoms with van der Waals surface area (Å²) in [6.07, 6.45) is 0.464. The summed E-state index contributed by atoms with van der Waals surface area (Å²) in [6.45, 7) is -0.000748. The first-order valence-corrected chi connectivity index (χ1v) is 5.20. The van der Waals surface area contributed by atoms with E-state index in [0.29, 0.717) is 33.4 Å². The molecule has 5 nitrogen and oxygen atoms in total. The third-order valence-corrected chi connectivity index (χ3v) is 2.82. The maximum absolute atomic E-state index is 10.8. The minimum Gasteiger partial charge on any atom is -0.481 e. The predicted molar refractivity (Wildman–Crippen MR) is 57.0 cm³/mol. The third kappa shape index (κ3) is 1.76. The van der Waals surface area contributed by atoms with Crippen LogP contribution in [0.1, 0.15) is 15.9 Å². The van der Waals surface area contributed by atoms with Crippen molar-refractivity contribution in [2.75, 3.05) is 6.79 Å². The zero-order valence-corrected chi connectivity index (χ0v) is 9.61. The molecule has 0 saturated heterocycles. The lowest BCUT2D eigenvalue weighted by Crippen LogP contribution is -2.02. The number of aldehydes is 1. The number of ether oxygens (including phenoxy) is 2. The minimum atomic E-state index is -0.969. The van der Waals surface area contributed by atoms with E-state index in [4.69, 9.17) is 14.6 Å². The molecule has 1 aliphatic rings. The number of fused-ring (bicyclic) bond motifs is 1. The van der Waals surface area contributed by atoms with Crippen LogP contribution in [-0.4, -0.2) is 24.2 Å². The van der Waals surface area contributed by atoms with Crippen LogP contribution in [0, 0.1) is 0 Å². The van der Waals surface area contributed by atoms with Crippen LogP contribution in [0.5, 0.6) is 11.5 Å². The van der Waals surface area contributed by atoms with Crippen molar-refractivity contribution in [1.82, 2.24) is 0 Å². The summed E-state index contributed by atoms with van der Waals surface area (Å²) < 4.78 is 10.8. The van der Waals surface area contributed by atoms with Gasteiger partial charge in [0.25, 0.3) is 0 Å². The van der Waals surface area contributed by atoms with Crippen molar-refractivity contribution in [2.45, 2.75) is 6.42 Å². The number of aliphatic carboxylic acids is 1. The van der Waals surface area contributed by atoms with Gasteiger partial charge < -0.3 is 14.6 Å². The van der Waals surface area contributed by atoms with E-state index >= 15 is 0 Å². The first kappa shape index (κ1) is 10.9. The van der Waals surface area contributed by atoms with E-state index < -0.39 is 5.97 Å². The molecule has 1 heterocycles. The first-order valence-electron chi connectivity index (χ1n) is 4.41. The Hall–Kier alpha value is -1.56. The minimum absolute atomic E-state index is 0.000748. The quantitative estimate of drug-likeness (QED) is 0.855.